The van der Waals surface area contributed by atoms with Gasteiger partial charge in [0.2, 0.25) is 0 Å². The molecular weight excluding hydrogens is 458 g/mol. The van der Waals surface area contributed by atoms with Crippen LogP contribution in [-0.2, 0) is 0 Å². The number of halogens is 1. The first-order valence-electron chi connectivity index (χ1n) is 9.36. The molecule has 0 aliphatic rings. The van der Waals surface area contributed by atoms with Gasteiger partial charge in [-0.15, -0.1) is 0 Å². The van der Waals surface area contributed by atoms with Gasteiger partial charge in [-0.05, 0) is 43.2 Å². The highest BCUT2D eigenvalue weighted by molar-refractivity contribution is 9.10. The Bertz CT molecular complexity index is 1560. The lowest BCUT2D eigenvalue weighted by molar-refractivity contribution is 0.400. The standard InChI is InChI=1S/C23H14BrN5O2/c1-13-10-19(29-31-13)27-22-17-8-6-15(24)11-18(17)20-21(28-22)14(12-26-23(20)30)5-7-16-4-2-3-9-25-16/h2-4,6,8-12H,1H3,(H,26,30)(H,27,28,29). The monoisotopic (exact) mass is 471 g/mol. The minimum Gasteiger partial charge on any atom is -0.360 e. The van der Waals surface area contributed by atoms with Gasteiger partial charge in [-0.3, -0.25) is 4.79 Å². The van der Waals surface area contributed by atoms with Crippen LogP contribution in [0.3, 0.4) is 0 Å². The molecule has 0 aliphatic heterocycles. The SMILES string of the molecule is Cc1cc(Nc2nc3c(C#Cc4ccccn4)c[nH]c(=O)c3c3cc(Br)ccc23)no1. The summed E-state index contributed by atoms with van der Waals surface area (Å²) in [6.07, 6.45) is 3.25. The highest BCUT2D eigenvalue weighted by Gasteiger charge is 2.15. The van der Waals surface area contributed by atoms with E-state index >= 15 is 0 Å². The number of anilines is 2. The van der Waals surface area contributed by atoms with Gasteiger partial charge in [0.05, 0.1) is 16.5 Å². The van der Waals surface area contributed by atoms with E-state index in [1.807, 2.05) is 43.3 Å². The van der Waals surface area contributed by atoms with Crippen molar-refractivity contribution in [2.45, 2.75) is 6.92 Å². The van der Waals surface area contributed by atoms with Gasteiger partial charge in [0.1, 0.15) is 17.3 Å². The average molecular weight is 472 g/mol. The number of rotatable bonds is 2. The van der Waals surface area contributed by atoms with Gasteiger partial charge in [-0.1, -0.05) is 33.1 Å². The zero-order chi connectivity index (χ0) is 21.4. The van der Waals surface area contributed by atoms with Crippen molar-refractivity contribution in [3.8, 4) is 11.8 Å². The van der Waals surface area contributed by atoms with Gasteiger partial charge in [-0.2, -0.15) is 0 Å². The molecule has 0 aliphatic carbocycles. The van der Waals surface area contributed by atoms with Crippen LogP contribution in [-0.4, -0.2) is 20.1 Å². The zero-order valence-electron chi connectivity index (χ0n) is 16.2. The smallest absolute Gasteiger partial charge is 0.258 e. The Morgan fingerprint density at radius 3 is 2.81 bits per heavy atom. The summed E-state index contributed by atoms with van der Waals surface area (Å²) in [6, 6.07) is 13.0. The third kappa shape index (κ3) is 3.67. The maximum Gasteiger partial charge on any atom is 0.258 e. The van der Waals surface area contributed by atoms with E-state index in [2.05, 4.69) is 48.2 Å². The fourth-order valence-electron chi connectivity index (χ4n) is 3.29. The van der Waals surface area contributed by atoms with E-state index in [1.165, 1.54) is 0 Å². The Labute approximate surface area is 184 Å². The van der Waals surface area contributed by atoms with Crippen LogP contribution in [0.4, 0.5) is 11.6 Å². The van der Waals surface area contributed by atoms with Crippen LogP contribution in [0.25, 0.3) is 21.7 Å². The molecule has 31 heavy (non-hydrogen) atoms. The third-order valence-corrected chi connectivity index (χ3v) is 5.15. The first-order chi connectivity index (χ1) is 15.1. The van der Waals surface area contributed by atoms with E-state index in [0.717, 1.165) is 15.2 Å². The molecule has 150 valence electrons. The summed E-state index contributed by atoms with van der Waals surface area (Å²) >= 11 is 3.50. The molecule has 0 bridgehead atoms. The minimum atomic E-state index is -0.238. The summed E-state index contributed by atoms with van der Waals surface area (Å²) in [7, 11) is 0. The minimum absolute atomic E-state index is 0.238. The van der Waals surface area contributed by atoms with E-state index in [0.29, 0.717) is 39.6 Å². The lowest BCUT2D eigenvalue weighted by atomic mass is 10.0. The fourth-order valence-corrected chi connectivity index (χ4v) is 3.65. The van der Waals surface area contributed by atoms with Crippen molar-refractivity contribution < 1.29 is 4.52 Å². The van der Waals surface area contributed by atoms with Crippen molar-refractivity contribution in [2.75, 3.05) is 5.32 Å². The van der Waals surface area contributed by atoms with E-state index in [-0.39, 0.29) is 5.56 Å². The van der Waals surface area contributed by atoms with Gasteiger partial charge in [0.15, 0.2) is 5.82 Å². The van der Waals surface area contributed by atoms with Crippen LogP contribution in [0, 0.1) is 18.8 Å². The Kier molecular flexibility index (Phi) is 4.73. The fraction of sp³-hybridized carbons (Fsp3) is 0.0435. The van der Waals surface area contributed by atoms with E-state index in [4.69, 9.17) is 9.51 Å². The second-order valence-electron chi connectivity index (χ2n) is 6.82. The van der Waals surface area contributed by atoms with Crippen LogP contribution in [0.15, 0.2) is 68.6 Å². The molecule has 7 nitrogen and oxygen atoms in total. The van der Waals surface area contributed by atoms with E-state index in [1.54, 1.807) is 18.5 Å². The Hall–Kier alpha value is -3.96. The van der Waals surface area contributed by atoms with Crippen LogP contribution in [0.1, 0.15) is 17.0 Å². The largest absolute Gasteiger partial charge is 0.360 e. The quantitative estimate of drug-likeness (QED) is 0.286. The molecule has 0 radical (unpaired) electrons. The summed E-state index contributed by atoms with van der Waals surface area (Å²) in [4.78, 5) is 24.6. The molecule has 8 heteroatoms. The van der Waals surface area contributed by atoms with Crippen LogP contribution in [0.2, 0.25) is 0 Å². The van der Waals surface area contributed by atoms with Gasteiger partial charge in [0, 0.05) is 33.7 Å². The molecule has 0 saturated heterocycles. The molecule has 5 rings (SSSR count). The lowest BCUT2D eigenvalue weighted by Gasteiger charge is -2.11. The second-order valence-corrected chi connectivity index (χ2v) is 7.73. The molecule has 4 aromatic heterocycles. The van der Waals surface area contributed by atoms with Gasteiger partial charge < -0.3 is 14.8 Å². The number of aromatic amines is 1. The van der Waals surface area contributed by atoms with Crippen LogP contribution in [0.5, 0.6) is 0 Å². The normalized spacial score (nSPS) is 10.8. The highest BCUT2D eigenvalue weighted by Crippen LogP contribution is 2.32. The number of nitrogens with zero attached hydrogens (tertiary/aromatic N) is 3. The number of aromatic nitrogens is 4. The number of hydrogen-bond donors (Lipinski definition) is 2. The maximum atomic E-state index is 12.8. The number of pyridine rings is 3. The van der Waals surface area contributed by atoms with Crippen molar-refractivity contribution in [2.24, 2.45) is 0 Å². The average Bonchev–Trinajstić information content (AvgIpc) is 3.18. The van der Waals surface area contributed by atoms with Crippen LogP contribution >= 0.6 is 15.9 Å². The van der Waals surface area contributed by atoms with Crippen molar-refractivity contribution in [1.82, 2.24) is 20.1 Å². The molecule has 1 aromatic carbocycles. The van der Waals surface area contributed by atoms with E-state index < -0.39 is 0 Å². The van der Waals surface area contributed by atoms with Crippen molar-refractivity contribution >= 4 is 49.2 Å². The van der Waals surface area contributed by atoms with Crippen molar-refractivity contribution in [1.29, 1.82) is 0 Å². The summed E-state index contributed by atoms with van der Waals surface area (Å²) < 4.78 is 6.00. The highest BCUT2D eigenvalue weighted by atomic mass is 79.9. The maximum absolute atomic E-state index is 12.8. The summed E-state index contributed by atoms with van der Waals surface area (Å²) in [5, 5.41) is 9.17. The summed E-state index contributed by atoms with van der Waals surface area (Å²) in [6.45, 7) is 1.81. The summed E-state index contributed by atoms with van der Waals surface area (Å²) in [5.41, 5.74) is 1.46. The third-order valence-electron chi connectivity index (χ3n) is 4.66. The molecule has 0 spiro atoms. The molecule has 0 fully saturated rings. The molecule has 0 unspecified atom stereocenters. The van der Waals surface area contributed by atoms with Gasteiger partial charge in [-0.25, -0.2) is 9.97 Å². The predicted molar refractivity (Wildman–Crippen MR) is 122 cm³/mol. The first kappa shape index (κ1) is 19.0. The molecular formula is C23H14BrN5O2. The van der Waals surface area contributed by atoms with E-state index in [9.17, 15) is 4.79 Å². The number of hydrogen-bond acceptors (Lipinski definition) is 6. The Balaban J connectivity index is 1.79. The van der Waals surface area contributed by atoms with Crippen LogP contribution < -0.4 is 10.9 Å². The second kappa shape index (κ2) is 7.70. The molecule has 4 heterocycles. The van der Waals surface area contributed by atoms with Crippen molar-refractivity contribution in [3.05, 3.63) is 86.7 Å². The van der Waals surface area contributed by atoms with Gasteiger partial charge >= 0.3 is 0 Å². The molecule has 0 saturated carbocycles. The zero-order valence-corrected chi connectivity index (χ0v) is 17.8. The van der Waals surface area contributed by atoms with Gasteiger partial charge in [0.25, 0.3) is 5.56 Å². The molecule has 2 N–H and O–H groups in total. The molecule has 0 amide bonds. The topological polar surface area (TPSA) is 96.7 Å². The van der Waals surface area contributed by atoms with Crippen molar-refractivity contribution in [3.63, 3.8) is 0 Å². The number of benzene rings is 1. The molecule has 0 atom stereocenters. The lowest BCUT2D eigenvalue weighted by Crippen LogP contribution is -2.09. The first-order valence-corrected chi connectivity index (χ1v) is 10.2. The number of H-pyrrole nitrogens is 1. The Morgan fingerprint density at radius 1 is 1.13 bits per heavy atom. The predicted octanol–water partition coefficient (Wildman–Crippen LogP) is 4.67. The number of fused-ring (bicyclic) bond motifs is 3. The number of nitrogens with one attached hydrogen (secondary N) is 2. The number of aryl methyl sites for hydroxylation is 1. The molecule has 5 aromatic rings. The Morgan fingerprint density at radius 2 is 2.03 bits per heavy atom. The summed E-state index contributed by atoms with van der Waals surface area (Å²) in [5.74, 6) is 7.86.